The highest BCUT2D eigenvalue weighted by Gasteiger charge is 2.80. The summed E-state index contributed by atoms with van der Waals surface area (Å²) < 4.78 is 51.4. The van der Waals surface area contributed by atoms with Gasteiger partial charge in [-0.3, -0.25) is 9.59 Å². The van der Waals surface area contributed by atoms with Gasteiger partial charge in [0, 0.05) is 36.9 Å². The number of halogens is 2. The van der Waals surface area contributed by atoms with Crippen molar-refractivity contribution in [1.29, 1.82) is 0 Å². The number of aliphatic hydroxyl groups excluding tert-OH is 1. The van der Waals surface area contributed by atoms with Gasteiger partial charge in [-0.2, -0.15) is 0 Å². The lowest BCUT2D eigenvalue weighted by Gasteiger charge is -2.63. The first-order chi connectivity index (χ1) is 19.3. The second-order valence-corrected chi connectivity index (χ2v) is 12.8. The van der Waals surface area contributed by atoms with Gasteiger partial charge in [-0.05, 0) is 63.3 Å². The second kappa shape index (κ2) is 10.5. The summed E-state index contributed by atoms with van der Waals surface area (Å²) in [5.41, 5.74) is -6.51. The van der Waals surface area contributed by atoms with E-state index in [4.69, 9.17) is 14.2 Å². The number of likely N-dealkylation sites (N-methyl/N-ethyl adjacent to an activating group) is 2. The van der Waals surface area contributed by atoms with Crippen LogP contribution in [0.25, 0.3) is 0 Å². The van der Waals surface area contributed by atoms with E-state index >= 15 is 8.78 Å². The average molecular weight is 581 g/mol. The van der Waals surface area contributed by atoms with Crippen molar-refractivity contribution in [3.05, 3.63) is 23.8 Å². The van der Waals surface area contributed by atoms with Crippen LogP contribution < -0.4 is 5.32 Å². The summed E-state index contributed by atoms with van der Waals surface area (Å²) >= 11 is 0. The Bertz CT molecular complexity index is 1160. The Balaban J connectivity index is 1.50. The summed E-state index contributed by atoms with van der Waals surface area (Å²) in [6.07, 6.45) is -0.431. The van der Waals surface area contributed by atoms with Crippen LogP contribution >= 0.6 is 0 Å². The Labute approximate surface area is 239 Å². The molecule has 1 heterocycles. The topological polar surface area (TPSA) is 114 Å². The van der Waals surface area contributed by atoms with Gasteiger partial charge in [0.05, 0.1) is 12.2 Å². The number of fused-ring (bicyclic) bond motifs is 7. The Morgan fingerprint density at radius 1 is 1.27 bits per heavy atom. The maximum absolute atomic E-state index is 17.5. The predicted molar refractivity (Wildman–Crippen MR) is 144 cm³/mol. The summed E-state index contributed by atoms with van der Waals surface area (Å²) in [7, 11) is 3.32. The molecule has 41 heavy (non-hydrogen) atoms. The molecule has 5 rings (SSSR count). The molecule has 0 radical (unpaired) electrons. The van der Waals surface area contributed by atoms with E-state index in [-0.39, 0.29) is 24.8 Å². The minimum atomic E-state index is -2.28. The monoisotopic (exact) mass is 580 g/mol. The number of carbonyl (C=O) groups is 3. The molecule has 11 heteroatoms. The third-order valence-corrected chi connectivity index (χ3v) is 10.7. The normalized spacial score (nSPS) is 44.4. The van der Waals surface area contributed by atoms with E-state index in [1.54, 1.807) is 21.0 Å². The van der Waals surface area contributed by atoms with E-state index in [0.29, 0.717) is 19.5 Å². The molecule has 9 nitrogen and oxygen atoms in total. The molecule has 228 valence electrons. The van der Waals surface area contributed by atoms with Crippen LogP contribution in [0, 0.1) is 22.7 Å². The first-order valence-electron chi connectivity index (χ1n) is 14.7. The van der Waals surface area contributed by atoms with Crippen LogP contribution in [0.1, 0.15) is 52.9 Å². The van der Waals surface area contributed by atoms with Gasteiger partial charge in [-0.15, -0.1) is 0 Å². The van der Waals surface area contributed by atoms with Gasteiger partial charge in [0.25, 0.3) is 0 Å². The summed E-state index contributed by atoms with van der Waals surface area (Å²) in [5.74, 6) is -2.48. The summed E-state index contributed by atoms with van der Waals surface area (Å²) in [5, 5.41) is 14.6. The van der Waals surface area contributed by atoms with E-state index in [1.165, 1.54) is 24.0 Å². The molecule has 0 aromatic rings. The number of amides is 1. The van der Waals surface area contributed by atoms with Gasteiger partial charge >= 0.3 is 6.09 Å². The van der Waals surface area contributed by atoms with Crippen LogP contribution in [0.5, 0.6) is 0 Å². The zero-order valence-electron chi connectivity index (χ0n) is 24.5. The van der Waals surface area contributed by atoms with Crippen molar-refractivity contribution < 1.29 is 42.5 Å². The molecule has 3 saturated carbocycles. The molecule has 4 aliphatic carbocycles. The van der Waals surface area contributed by atoms with Gasteiger partial charge in [0.1, 0.15) is 6.17 Å². The van der Waals surface area contributed by atoms with Gasteiger partial charge in [-0.25, -0.2) is 13.6 Å². The SMILES string of the molecule is CCCC1O[C@@H]2C[C@H]3[C@@H]4C[C@H](F)C5=CC(=O)C=C[C@]5(C)[C@@]4(F)[C@@H](O)C[C@]3(C)[C@]2(C(=O)COC(=O)N(C)CCNC)O1. The number of ketones is 2. The smallest absolute Gasteiger partial charge is 0.409 e. The first-order valence-corrected chi connectivity index (χ1v) is 14.7. The van der Waals surface area contributed by atoms with Crippen LogP contribution in [0.4, 0.5) is 13.6 Å². The molecule has 1 saturated heterocycles. The molecule has 0 bridgehead atoms. The Kier molecular flexibility index (Phi) is 7.75. The van der Waals surface area contributed by atoms with Gasteiger partial charge in [0.15, 0.2) is 29.9 Å². The Morgan fingerprint density at radius 2 is 2.00 bits per heavy atom. The maximum atomic E-state index is 17.5. The largest absolute Gasteiger partial charge is 0.441 e. The van der Waals surface area contributed by atoms with Crippen molar-refractivity contribution >= 4 is 17.7 Å². The fourth-order valence-corrected chi connectivity index (χ4v) is 8.60. The molecule has 5 aliphatic rings. The highest BCUT2D eigenvalue weighted by atomic mass is 19.1. The number of allylic oxidation sites excluding steroid dienone is 4. The van der Waals surface area contributed by atoms with Crippen LogP contribution in [0.2, 0.25) is 0 Å². The lowest BCUT2D eigenvalue weighted by molar-refractivity contribution is -0.234. The maximum Gasteiger partial charge on any atom is 0.409 e. The third-order valence-electron chi connectivity index (χ3n) is 10.7. The summed E-state index contributed by atoms with van der Waals surface area (Å²) in [6, 6.07) is 0. The van der Waals surface area contributed by atoms with E-state index in [2.05, 4.69) is 5.32 Å². The minimum Gasteiger partial charge on any atom is -0.441 e. The summed E-state index contributed by atoms with van der Waals surface area (Å²) in [4.78, 5) is 40.1. The fraction of sp³-hybridized carbons (Fsp3) is 0.767. The fourth-order valence-electron chi connectivity index (χ4n) is 8.60. The van der Waals surface area contributed by atoms with Crippen LogP contribution in [0.3, 0.4) is 0 Å². The molecular formula is C30H42F2N2O7. The van der Waals surface area contributed by atoms with E-state index < -0.39 is 82.9 Å². The second-order valence-electron chi connectivity index (χ2n) is 12.8. The van der Waals surface area contributed by atoms with Gasteiger partial charge in [-0.1, -0.05) is 26.3 Å². The molecule has 4 fully saturated rings. The number of Topliss-reactive ketones (excluding diaryl/α,β-unsaturated/α-hetero) is 1. The average Bonchev–Trinajstić information content (AvgIpc) is 3.41. The molecular weight excluding hydrogens is 538 g/mol. The number of hydrogen-bond acceptors (Lipinski definition) is 8. The van der Waals surface area contributed by atoms with Crippen LogP contribution in [0.15, 0.2) is 23.8 Å². The highest BCUT2D eigenvalue weighted by Crippen LogP contribution is 2.72. The molecule has 2 N–H and O–H groups in total. The molecule has 0 spiro atoms. The highest BCUT2D eigenvalue weighted by molar-refractivity contribution is 6.01. The Morgan fingerprint density at radius 3 is 2.68 bits per heavy atom. The lowest BCUT2D eigenvalue weighted by Crippen LogP contribution is -2.71. The van der Waals surface area contributed by atoms with E-state index in [9.17, 15) is 19.5 Å². The number of hydrogen-bond donors (Lipinski definition) is 2. The van der Waals surface area contributed by atoms with Crippen LogP contribution in [-0.2, 0) is 23.8 Å². The molecule has 1 unspecified atom stereocenters. The quantitative estimate of drug-likeness (QED) is 0.451. The third kappa shape index (κ3) is 4.17. The predicted octanol–water partition coefficient (Wildman–Crippen LogP) is 3.05. The zero-order chi connectivity index (χ0) is 30.0. The van der Waals surface area contributed by atoms with Crippen molar-refractivity contribution in [2.24, 2.45) is 22.7 Å². The van der Waals surface area contributed by atoms with Gasteiger partial charge < -0.3 is 29.5 Å². The van der Waals surface area contributed by atoms with Gasteiger partial charge in [0.2, 0.25) is 5.78 Å². The first kappa shape index (κ1) is 30.3. The number of aliphatic hydroxyl groups is 1. The van der Waals surface area contributed by atoms with Crippen molar-refractivity contribution in [2.45, 2.75) is 88.8 Å². The molecule has 0 aromatic heterocycles. The van der Waals surface area contributed by atoms with Crippen molar-refractivity contribution in [1.82, 2.24) is 10.2 Å². The van der Waals surface area contributed by atoms with Crippen LogP contribution in [-0.4, -0.2) is 97.4 Å². The number of ether oxygens (including phenoxy) is 3. The van der Waals surface area contributed by atoms with E-state index in [1.807, 2.05) is 6.92 Å². The number of nitrogens with zero attached hydrogens (tertiary/aromatic N) is 1. The standard InChI is InChI=1S/C30H42F2N2O7/c1-6-7-25-40-24-14-18-19-13-21(31)20-12-17(35)8-9-27(20,2)29(19,32)22(36)15-28(18,3)30(24,41-25)23(37)16-39-26(38)34(5)11-10-33-4/h8-9,12,18-19,21-22,24-25,33,36H,6-7,10-11,13-16H2,1-5H3/t18-,19-,21-,22-,24+,25?,27-,28-,29-,30+/m0/s1. The molecule has 10 atom stereocenters. The van der Waals surface area contributed by atoms with E-state index in [0.717, 1.165) is 12.5 Å². The number of alkyl halides is 2. The van der Waals surface area contributed by atoms with Crippen molar-refractivity contribution in [3.63, 3.8) is 0 Å². The summed E-state index contributed by atoms with van der Waals surface area (Å²) in [6.45, 7) is 5.63. The molecule has 0 aromatic carbocycles. The number of nitrogens with one attached hydrogen (secondary N) is 1. The lowest BCUT2D eigenvalue weighted by atomic mass is 9.44. The van der Waals surface area contributed by atoms with Crippen molar-refractivity contribution in [2.75, 3.05) is 33.8 Å². The Hall–Kier alpha value is -2.21. The molecule has 1 amide bonds. The number of carbonyl (C=O) groups excluding carboxylic acids is 3. The van der Waals surface area contributed by atoms with Crippen molar-refractivity contribution in [3.8, 4) is 0 Å². The zero-order valence-corrected chi connectivity index (χ0v) is 24.5. The number of rotatable bonds is 8. The molecule has 1 aliphatic heterocycles. The minimum absolute atomic E-state index is 0.0419.